The van der Waals surface area contributed by atoms with Crippen molar-refractivity contribution in [3.8, 4) is 17.2 Å². The van der Waals surface area contributed by atoms with Crippen molar-refractivity contribution in [2.24, 2.45) is 10.8 Å². The smallest absolute Gasteiger partial charge is 0.329 e. The number of ether oxygens (including phenoxy) is 1. The fraction of sp³-hybridized carbons (Fsp3) is 0.143. The number of benzene rings is 2. The molecule has 7 N–H and O–H groups in total. The highest BCUT2D eigenvalue weighted by Gasteiger charge is 2.62. The van der Waals surface area contributed by atoms with Gasteiger partial charge in [-0.25, -0.2) is 5.43 Å². The van der Waals surface area contributed by atoms with Crippen LogP contribution in [0.15, 0.2) is 27.8 Å². The van der Waals surface area contributed by atoms with E-state index < -0.39 is 96.6 Å². The Bertz CT molecular complexity index is 2130. The summed E-state index contributed by atoms with van der Waals surface area (Å²) in [6.07, 6.45) is 1.34. The maximum absolute atomic E-state index is 14.1. The van der Waals surface area contributed by atoms with Gasteiger partial charge < -0.3 is 30.8 Å². The molecule has 1 heterocycles. The second kappa shape index (κ2) is 9.34. The number of Topliss-reactive ketones (excluding diaryl/α,β-unsaturated/α-hetero) is 3. The Labute approximate surface area is 248 Å². The van der Waals surface area contributed by atoms with Gasteiger partial charge in [0.15, 0.2) is 23.1 Å². The van der Waals surface area contributed by atoms with E-state index in [0.29, 0.717) is 0 Å². The van der Waals surface area contributed by atoms with E-state index >= 15 is 0 Å². The van der Waals surface area contributed by atoms with Crippen LogP contribution in [0.5, 0.6) is 17.2 Å². The zero-order chi connectivity index (χ0) is 32.0. The third kappa shape index (κ3) is 3.43. The number of hydrogen-bond donors (Lipinski definition) is 6. The van der Waals surface area contributed by atoms with Crippen molar-refractivity contribution in [2.45, 2.75) is 18.3 Å². The third-order valence-electron chi connectivity index (χ3n) is 7.96. The van der Waals surface area contributed by atoms with Gasteiger partial charge in [-0.2, -0.15) is 5.10 Å². The molecule has 1 aromatic heterocycles. The Hall–Kier alpha value is -5.83. The first kappa shape index (κ1) is 28.3. The molecule has 44 heavy (non-hydrogen) atoms. The molecule has 0 radical (unpaired) electrons. The van der Waals surface area contributed by atoms with Crippen LogP contribution in [0.1, 0.15) is 64.7 Å². The predicted molar refractivity (Wildman–Crippen MR) is 148 cm³/mol. The minimum atomic E-state index is -2.27. The number of methoxy groups -OCH3 is 1. The molecular formula is C28H17ClN4O11. The number of nitrogens with two attached hydrogens (primary N) is 1. The van der Waals surface area contributed by atoms with Crippen LogP contribution in [0.4, 0.5) is 0 Å². The van der Waals surface area contributed by atoms with E-state index in [0.717, 1.165) is 19.4 Å². The normalized spacial score (nSPS) is 18.5. The van der Waals surface area contributed by atoms with Crippen LogP contribution in [0.3, 0.4) is 0 Å². The van der Waals surface area contributed by atoms with Crippen LogP contribution < -0.4 is 16.7 Å². The Morgan fingerprint density at radius 3 is 2.30 bits per heavy atom. The molecule has 3 aliphatic rings. The van der Waals surface area contributed by atoms with E-state index in [1.54, 1.807) is 0 Å². The molecule has 15 nitrogen and oxygen atoms in total. The molecule has 2 aromatic carbocycles. The first-order chi connectivity index (χ1) is 20.8. The molecule has 0 saturated heterocycles. The number of hydrazone groups is 1. The molecular weight excluding hydrogens is 604 g/mol. The van der Waals surface area contributed by atoms with E-state index in [9.17, 15) is 48.9 Å². The van der Waals surface area contributed by atoms with E-state index in [1.165, 1.54) is 6.07 Å². The number of fused-ring (bicyclic) bond motifs is 5. The standard InChI is InChI=1S/C28H17ClN4O11/c1-44-11-5-10(34)13-14(19(11)35)21(37)16-15(20(13)36)23(39)28(24(16)40)3-2-8-17(28)22(38)12-9(18(8)29)4-7(32-26(12)42)6-31-33-27(43)25(30)41/h4-6,36-38H,2-3H2,1H3,(H2,30,41)(H,32,42)(H,33,43)/t28-/m0/s1. The van der Waals surface area contributed by atoms with Gasteiger partial charge in [-0.1, -0.05) is 11.6 Å². The van der Waals surface area contributed by atoms with Crippen LogP contribution in [0.2, 0.25) is 5.02 Å². The number of aromatic amines is 1. The van der Waals surface area contributed by atoms with Gasteiger partial charge in [0.05, 0.1) is 51.7 Å². The highest BCUT2D eigenvalue weighted by atomic mass is 35.5. The van der Waals surface area contributed by atoms with E-state index in [4.69, 9.17) is 22.1 Å². The van der Waals surface area contributed by atoms with Gasteiger partial charge in [0.25, 0.3) is 5.56 Å². The number of phenols is 3. The largest absolute Gasteiger partial charge is 0.507 e. The number of nitrogens with one attached hydrogen (secondary N) is 2. The lowest BCUT2D eigenvalue weighted by Crippen LogP contribution is -2.36. The molecule has 3 aliphatic carbocycles. The van der Waals surface area contributed by atoms with Gasteiger partial charge in [0, 0.05) is 17.0 Å². The van der Waals surface area contributed by atoms with E-state index in [1.807, 2.05) is 5.43 Å². The molecule has 0 fully saturated rings. The van der Waals surface area contributed by atoms with Crippen molar-refractivity contribution in [3.05, 3.63) is 72.4 Å². The molecule has 0 saturated carbocycles. The summed E-state index contributed by atoms with van der Waals surface area (Å²) in [6, 6.07) is 1.28. The number of nitrogens with zero attached hydrogens (tertiary/aromatic N) is 1. The average molecular weight is 621 g/mol. The summed E-state index contributed by atoms with van der Waals surface area (Å²) in [6.45, 7) is 0. The van der Waals surface area contributed by atoms with Crippen molar-refractivity contribution in [1.82, 2.24) is 10.4 Å². The predicted octanol–water partition coefficient (Wildman–Crippen LogP) is 0.406. The molecule has 0 unspecified atom stereocenters. The SMILES string of the molecule is COC1=CC(=O)c2c(O)c3c(c(O)c2C1=O)C(=O)[C@]1(CCc2c1c(O)c1c(=O)[nH]c(C=NNC(=O)C(N)=O)cc1c2Cl)C3=O. The van der Waals surface area contributed by atoms with Crippen molar-refractivity contribution in [3.63, 3.8) is 0 Å². The van der Waals surface area contributed by atoms with Gasteiger partial charge in [-0.05, 0) is 24.5 Å². The second-order valence-electron chi connectivity index (χ2n) is 10.1. The number of hydrogen-bond acceptors (Lipinski definition) is 12. The zero-order valence-electron chi connectivity index (χ0n) is 22.2. The lowest BCUT2D eigenvalue weighted by atomic mass is 9.76. The van der Waals surface area contributed by atoms with Crippen LogP contribution >= 0.6 is 11.6 Å². The fourth-order valence-corrected chi connectivity index (χ4v) is 6.43. The summed E-state index contributed by atoms with van der Waals surface area (Å²) in [4.78, 5) is 91.6. The molecule has 6 rings (SSSR count). The number of carbonyl (C=O) groups excluding carboxylic acids is 6. The average Bonchev–Trinajstić information content (AvgIpc) is 3.48. The number of aromatic hydroxyl groups is 3. The zero-order valence-corrected chi connectivity index (χ0v) is 22.9. The monoisotopic (exact) mass is 620 g/mol. The summed E-state index contributed by atoms with van der Waals surface area (Å²) in [7, 11) is 1.10. The van der Waals surface area contributed by atoms with Crippen LogP contribution in [0, 0.1) is 0 Å². The van der Waals surface area contributed by atoms with Gasteiger partial charge in [0.1, 0.15) is 22.7 Å². The maximum atomic E-state index is 14.1. The van der Waals surface area contributed by atoms with Gasteiger partial charge in [-0.15, -0.1) is 0 Å². The molecule has 16 heteroatoms. The number of ketones is 4. The number of primary amides is 1. The second-order valence-corrected chi connectivity index (χ2v) is 10.5. The van der Waals surface area contributed by atoms with Crippen molar-refractivity contribution in [1.29, 1.82) is 0 Å². The number of H-pyrrole nitrogens is 1. The van der Waals surface area contributed by atoms with E-state index in [-0.39, 0.29) is 40.1 Å². The first-order valence-electron chi connectivity index (χ1n) is 12.6. The topological polar surface area (TPSA) is 256 Å². The number of phenolic OH excluding ortho intramolecular Hbond substituents is 3. The molecule has 1 atom stereocenters. The quantitative estimate of drug-likeness (QED) is 0.0768. The lowest BCUT2D eigenvalue weighted by molar-refractivity contribution is -0.137. The highest BCUT2D eigenvalue weighted by molar-refractivity contribution is 6.41. The Balaban J connectivity index is 1.55. The number of aromatic nitrogens is 1. The summed E-state index contributed by atoms with van der Waals surface area (Å²) in [5.41, 5.74) is 0.351. The van der Waals surface area contributed by atoms with Crippen LogP contribution in [-0.4, -0.2) is 68.6 Å². The lowest BCUT2D eigenvalue weighted by Gasteiger charge is -2.23. The van der Waals surface area contributed by atoms with Gasteiger partial charge in [-0.3, -0.25) is 33.6 Å². The molecule has 222 valence electrons. The van der Waals surface area contributed by atoms with Crippen molar-refractivity contribution >= 4 is 63.5 Å². The fourth-order valence-electron chi connectivity index (χ4n) is 6.09. The number of pyridine rings is 1. The van der Waals surface area contributed by atoms with Crippen LogP contribution in [-0.2, 0) is 26.2 Å². The van der Waals surface area contributed by atoms with Gasteiger partial charge >= 0.3 is 11.8 Å². The summed E-state index contributed by atoms with van der Waals surface area (Å²) in [5.74, 6) is -9.94. The summed E-state index contributed by atoms with van der Waals surface area (Å²) < 4.78 is 4.88. The van der Waals surface area contributed by atoms with E-state index in [2.05, 4.69) is 10.1 Å². The minimum absolute atomic E-state index is 0.0164. The minimum Gasteiger partial charge on any atom is -0.507 e. The van der Waals surface area contributed by atoms with Crippen molar-refractivity contribution in [2.75, 3.05) is 7.11 Å². The third-order valence-corrected chi connectivity index (χ3v) is 8.39. The van der Waals surface area contributed by atoms with Crippen LogP contribution in [0.25, 0.3) is 10.8 Å². The molecule has 2 amide bonds. The number of halogens is 1. The summed E-state index contributed by atoms with van der Waals surface area (Å²) in [5, 5.41) is 36.6. The highest BCUT2D eigenvalue weighted by Crippen LogP contribution is 2.58. The Morgan fingerprint density at radius 1 is 1.05 bits per heavy atom. The summed E-state index contributed by atoms with van der Waals surface area (Å²) >= 11 is 6.66. The van der Waals surface area contributed by atoms with Crippen molar-refractivity contribution < 1.29 is 48.8 Å². The van der Waals surface area contributed by atoms with Gasteiger partial charge in [0.2, 0.25) is 5.78 Å². The number of carbonyl (C=O) groups is 6. The first-order valence-corrected chi connectivity index (χ1v) is 12.9. The number of amides is 2. The molecule has 0 aliphatic heterocycles. The Morgan fingerprint density at radius 2 is 1.68 bits per heavy atom. The molecule has 1 spiro atoms. The number of allylic oxidation sites excluding steroid dienone is 2. The molecule has 0 bridgehead atoms. The number of rotatable bonds is 3. The Kier molecular flexibility index (Phi) is 6.00. The maximum Gasteiger partial charge on any atom is 0.329 e. The molecule has 3 aromatic rings.